The van der Waals surface area contributed by atoms with Gasteiger partial charge in [-0.1, -0.05) is 23.7 Å². The SMILES string of the molecule is Clc1ccc(-c2ccc3cc[nH]c3c2)s1. The molecular formula is C12H8ClNS. The molecule has 74 valence electrons. The predicted molar refractivity (Wildman–Crippen MR) is 66.6 cm³/mol. The monoisotopic (exact) mass is 233 g/mol. The Bertz CT molecular complexity index is 609. The Hall–Kier alpha value is -1.25. The zero-order valence-corrected chi connectivity index (χ0v) is 9.40. The van der Waals surface area contributed by atoms with E-state index in [2.05, 4.69) is 35.3 Å². The molecule has 0 unspecified atom stereocenters. The number of H-pyrrole nitrogens is 1. The second-order valence-electron chi connectivity index (χ2n) is 3.38. The summed E-state index contributed by atoms with van der Waals surface area (Å²) in [5.41, 5.74) is 2.37. The molecular weight excluding hydrogens is 226 g/mol. The lowest BCUT2D eigenvalue weighted by molar-refractivity contribution is 1.48. The molecule has 0 aliphatic heterocycles. The van der Waals surface area contributed by atoms with Crippen LogP contribution in [0.3, 0.4) is 0 Å². The van der Waals surface area contributed by atoms with Crippen molar-refractivity contribution in [3.63, 3.8) is 0 Å². The normalized spacial score (nSPS) is 11.0. The van der Waals surface area contributed by atoms with Crippen LogP contribution in [0.2, 0.25) is 4.34 Å². The molecule has 1 N–H and O–H groups in total. The Labute approximate surface area is 96.3 Å². The van der Waals surface area contributed by atoms with Crippen molar-refractivity contribution in [2.24, 2.45) is 0 Å². The molecule has 1 nitrogen and oxygen atoms in total. The van der Waals surface area contributed by atoms with Gasteiger partial charge in [-0.15, -0.1) is 11.3 Å². The minimum Gasteiger partial charge on any atom is -0.361 e. The molecule has 0 atom stereocenters. The first-order valence-corrected chi connectivity index (χ1v) is 5.85. The van der Waals surface area contributed by atoms with E-state index >= 15 is 0 Å². The first-order chi connectivity index (χ1) is 7.33. The van der Waals surface area contributed by atoms with Gasteiger partial charge in [0, 0.05) is 16.6 Å². The fourth-order valence-electron chi connectivity index (χ4n) is 1.67. The van der Waals surface area contributed by atoms with E-state index in [-0.39, 0.29) is 0 Å². The minimum absolute atomic E-state index is 0.830. The third-order valence-corrected chi connectivity index (χ3v) is 3.69. The molecule has 3 heteroatoms. The van der Waals surface area contributed by atoms with Crippen LogP contribution in [0.4, 0.5) is 0 Å². The summed E-state index contributed by atoms with van der Waals surface area (Å²) in [7, 11) is 0. The fourth-order valence-corrected chi connectivity index (χ4v) is 2.71. The highest BCUT2D eigenvalue weighted by atomic mass is 35.5. The number of nitrogens with one attached hydrogen (secondary N) is 1. The van der Waals surface area contributed by atoms with Crippen LogP contribution >= 0.6 is 22.9 Å². The molecule has 3 rings (SSSR count). The zero-order valence-electron chi connectivity index (χ0n) is 7.83. The quantitative estimate of drug-likeness (QED) is 0.635. The van der Waals surface area contributed by atoms with Gasteiger partial charge in [0.25, 0.3) is 0 Å². The van der Waals surface area contributed by atoms with Crippen LogP contribution in [0.1, 0.15) is 0 Å². The number of benzene rings is 1. The van der Waals surface area contributed by atoms with Gasteiger partial charge >= 0.3 is 0 Å². The summed E-state index contributed by atoms with van der Waals surface area (Å²) in [5.74, 6) is 0. The van der Waals surface area contributed by atoms with Crippen LogP contribution < -0.4 is 0 Å². The maximum Gasteiger partial charge on any atom is 0.0934 e. The van der Waals surface area contributed by atoms with E-state index in [1.165, 1.54) is 15.8 Å². The largest absolute Gasteiger partial charge is 0.361 e. The molecule has 2 aromatic heterocycles. The van der Waals surface area contributed by atoms with Crippen molar-refractivity contribution < 1.29 is 0 Å². The first-order valence-electron chi connectivity index (χ1n) is 4.66. The van der Waals surface area contributed by atoms with E-state index in [4.69, 9.17) is 11.6 Å². The van der Waals surface area contributed by atoms with E-state index in [1.54, 1.807) is 11.3 Å². The van der Waals surface area contributed by atoms with Crippen LogP contribution in [0.25, 0.3) is 21.3 Å². The highest BCUT2D eigenvalue weighted by Crippen LogP contribution is 2.32. The maximum absolute atomic E-state index is 5.92. The third kappa shape index (κ3) is 1.56. The Morgan fingerprint density at radius 2 is 2.00 bits per heavy atom. The van der Waals surface area contributed by atoms with Crippen molar-refractivity contribution in [2.75, 3.05) is 0 Å². The second-order valence-corrected chi connectivity index (χ2v) is 5.10. The molecule has 0 saturated heterocycles. The van der Waals surface area contributed by atoms with E-state index in [0.29, 0.717) is 0 Å². The van der Waals surface area contributed by atoms with E-state index < -0.39 is 0 Å². The van der Waals surface area contributed by atoms with Gasteiger partial charge in [0.05, 0.1) is 4.34 Å². The lowest BCUT2D eigenvalue weighted by atomic mass is 10.1. The highest BCUT2D eigenvalue weighted by Gasteiger charge is 2.02. The number of rotatable bonds is 1. The van der Waals surface area contributed by atoms with Gasteiger partial charge in [-0.2, -0.15) is 0 Å². The standard InChI is InChI=1S/C12H8ClNS/c13-12-4-3-11(15-12)9-2-1-8-5-6-14-10(8)7-9/h1-7,14H. The average Bonchev–Trinajstić information content (AvgIpc) is 2.84. The molecule has 0 saturated carbocycles. The molecule has 0 spiro atoms. The van der Waals surface area contributed by atoms with Gasteiger partial charge in [0.15, 0.2) is 0 Å². The summed E-state index contributed by atoms with van der Waals surface area (Å²) in [6.45, 7) is 0. The Balaban J connectivity index is 2.18. The van der Waals surface area contributed by atoms with Crippen molar-refractivity contribution >= 4 is 33.8 Å². The van der Waals surface area contributed by atoms with E-state index in [0.717, 1.165) is 9.85 Å². The van der Waals surface area contributed by atoms with Crippen molar-refractivity contribution in [3.8, 4) is 10.4 Å². The minimum atomic E-state index is 0.830. The van der Waals surface area contributed by atoms with Crippen LogP contribution in [-0.2, 0) is 0 Å². The molecule has 0 aliphatic carbocycles. The lowest BCUT2D eigenvalue weighted by Crippen LogP contribution is -1.72. The second kappa shape index (κ2) is 3.40. The van der Waals surface area contributed by atoms with Crippen molar-refractivity contribution in [1.29, 1.82) is 0 Å². The molecule has 15 heavy (non-hydrogen) atoms. The number of aromatic amines is 1. The average molecular weight is 234 g/mol. The van der Waals surface area contributed by atoms with Gasteiger partial charge in [-0.25, -0.2) is 0 Å². The van der Waals surface area contributed by atoms with Gasteiger partial charge < -0.3 is 4.98 Å². The summed E-state index contributed by atoms with van der Waals surface area (Å²) >= 11 is 7.52. The Morgan fingerprint density at radius 1 is 1.07 bits per heavy atom. The van der Waals surface area contributed by atoms with Crippen LogP contribution in [0.5, 0.6) is 0 Å². The third-order valence-electron chi connectivity index (χ3n) is 2.41. The zero-order chi connectivity index (χ0) is 10.3. The molecule has 0 fully saturated rings. The molecule has 0 bridgehead atoms. The summed E-state index contributed by atoms with van der Waals surface area (Å²) in [5, 5.41) is 1.24. The van der Waals surface area contributed by atoms with Gasteiger partial charge in [0.2, 0.25) is 0 Å². The van der Waals surface area contributed by atoms with Gasteiger partial charge in [-0.05, 0) is 35.2 Å². The van der Waals surface area contributed by atoms with Crippen molar-refractivity contribution in [2.45, 2.75) is 0 Å². The lowest BCUT2D eigenvalue weighted by Gasteiger charge is -1.97. The number of fused-ring (bicyclic) bond motifs is 1. The molecule has 0 radical (unpaired) electrons. The molecule has 3 aromatic rings. The topological polar surface area (TPSA) is 15.8 Å². The van der Waals surface area contributed by atoms with Crippen LogP contribution in [0.15, 0.2) is 42.6 Å². The smallest absolute Gasteiger partial charge is 0.0934 e. The number of hydrogen-bond donors (Lipinski definition) is 1. The van der Waals surface area contributed by atoms with Crippen LogP contribution in [0, 0.1) is 0 Å². The number of hydrogen-bond acceptors (Lipinski definition) is 1. The molecule has 2 heterocycles. The summed E-state index contributed by atoms with van der Waals surface area (Å²) in [6.07, 6.45) is 1.95. The van der Waals surface area contributed by atoms with E-state index in [1.807, 2.05) is 12.3 Å². The summed E-state index contributed by atoms with van der Waals surface area (Å²) in [4.78, 5) is 4.41. The first kappa shape index (κ1) is 9.01. The van der Waals surface area contributed by atoms with Crippen LogP contribution in [-0.4, -0.2) is 4.98 Å². The number of thiophene rings is 1. The Morgan fingerprint density at radius 3 is 2.80 bits per heavy atom. The van der Waals surface area contributed by atoms with E-state index in [9.17, 15) is 0 Å². The summed E-state index contributed by atoms with van der Waals surface area (Å²) < 4.78 is 0.830. The van der Waals surface area contributed by atoms with Crippen molar-refractivity contribution in [1.82, 2.24) is 4.98 Å². The van der Waals surface area contributed by atoms with Gasteiger partial charge in [-0.3, -0.25) is 0 Å². The maximum atomic E-state index is 5.92. The fraction of sp³-hybridized carbons (Fsp3) is 0. The van der Waals surface area contributed by atoms with Gasteiger partial charge in [0.1, 0.15) is 0 Å². The molecule has 1 aromatic carbocycles. The predicted octanol–water partition coefficient (Wildman–Crippen LogP) is 4.55. The van der Waals surface area contributed by atoms with Crippen molar-refractivity contribution in [3.05, 3.63) is 46.9 Å². The summed E-state index contributed by atoms with van der Waals surface area (Å²) in [6, 6.07) is 12.4. The molecule has 0 amide bonds. The highest BCUT2D eigenvalue weighted by molar-refractivity contribution is 7.19. The Kier molecular flexibility index (Phi) is 2.04. The number of aromatic nitrogens is 1. The molecule has 0 aliphatic rings. The number of halogens is 1.